The topological polar surface area (TPSA) is 56.8 Å². The van der Waals surface area contributed by atoms with E-state index in [1.807, 2.05) is 49.4 Å². The van der Waals surface area contributed by atoms with Crippen molar-refractivity contribution in [3.05, 3.63) is 53.6 Å². The van der Waals surface area contributed by atoms with Crippen molar-refractivity contribution in [2.75, 3.05) is 19.8 Å². The van der Waals surface area contributed by atoms with E-state index in [2.05, 4.69) is 12.2 Å². The number of carbonyl (C=O) groups excluding carboxylic acids is 1. The second-order valence-electron chi connectivity index (χ2n) is 6.33. The average Bonchev–Trinajstić information content (AvgIpc) is 2.91. The molecule has 0 aromatic heterocycles. The third-order valence-electron chi connectivity index (χ3n) is 4.35. The van der Waals surface area contributed by atoms with Gasteiger partial charge in [0.1, 0.15) is 5.75 Å². The van der Waals surface area contributed by atoms with Gasteiger partial charge in [0, 0.05) is 6.42 Å². The standard InChI is InChI=1S/C21H25NO4/c1-3-16-5-8-18(9-6-16)26-14-21(23)22-15(2)17-7-10-19-20(13-17)25-12-4-11-24-19/h5-10,13,15H,3-4,11-12,14H2,1-2H3,(H,22,23). The van der Waals surface area contributed by atoms with Crippen molar-refractivity contribution in [3.8, 4) is 17.2 Å². The molecule has 0 bridgehead atoms. The quantitative estimate of drug-likeness (QED) is 0.859. The Morgan fingerprint density at radius 1 is 1.12 bits per heavy atom. The summed E-state index contributed by atoms with van der Waals surface area (Å²) in [7, 11) is 0. The Morgan fingerprint density at radius 3 is 2.58 bits per heavy atom. The van der Waals surface area contributed by atoms with Crippen molar-refractivity contribution in [1.82, 2.24) is 5.32 Å². The van der Waals surface area contributed by atoms with Gasteiger partial charge >= 0.3 is 0 Å². The van der Waals surface area contributed by atoms with Crippen LogP contribution < -0.4 is 19.5 Å². The first-order chi connectivity index (χ1) is 12.7. The number of hydrogen-bond acceptors (Lipinski definition) is 4. The van der Waals surface area contributed by atoms with Crippen LogP contribution in [0.25, 0.3) is 0 Å². The van der Waals surface area contributed by atoms with Crippen molar-refractivity contribution < 1.29 is 19.0 Å². The number of ether oxygens (including phenoxy) is 3. The molecule has 2 aromatic carbocycles. The second-order valence-corrected chi connectivity index (χ2v) is 6.33. The predicted molar refractivity (Wildman–Crippen MR) is 99.9 cm³/mol. The van der Waals surface area contributed by atoms with Crippen LogP contribution in [0.5, 0.6) is 17.2 Å². The summed E-state index contributed by atoms with van der Waals surface area (Å²) in [6.07, 6.45) is 1.85. The van der Waals surface area contributed by atoms with E-state index in [-0.39, 0.29) is 18.6 Å². The van der Waals surface area contributed by atoms with Gasteiger partial charge in [0.2, 0.25) is 0 Å². The highest BCUT2D eigenvalue weighted by Crippen LogP contribution is 2.32. The van der Waals surface area contributed by atoms with Gasteiger partial charge < -0.3 is 19.5 Å². The Labute approximate surface area is 154 Å². The van der Waals surface area contributed by atoms with Gasteiger partial charge in [0.25, 0.3) is 5.91 Å². The van der Waals surface area contributed by atoms with Gasteiger partial charge in [0.05, 0.1) is 19.3 Å². The molecule has 138 valence electrons. The fraction of sp³-hybridized carbons (Fsp3) is 0.381. The summed E-state index contributed by atoms with van der Waals surface area (Å²) in [5.74, 6) is 2.02. The lowest BCUT2D eigenvalue weighted by Crippen LogP contribution is -2.31. The third kappa shape index (κ3) is 4.69. The van der Waals surface area contributed by atoms with Crippen molar-refractivity contribution in [3.63, 3.8) is 0 Å². The highest BCUT2D eigenvalue weighted by atomic mass is 16.5. The minimum absolute atomic E-state index is 0.0135. The minimum atomic E-state index is -0.163. The molecule has 0 radical (unpaired) electrons. The second kappa shape index (κ2) is 8.61. The summed E-state index contributed by atoms with van der Waals surface area (Å²) in [4.78, 5) is 12.2. The van der Waals surface area contributed by atoms with Gasteiger partial charge in [-0.05, 0) is 48.7 Å². The molecular weight excluding hydrogens is 330 g/mol. The number of benzene rings is 2. The third-order valence-corrected chi connectivity index (χ3v) is 4.35. The predicted octanol–water partition coefficient (Wildman–Crippen LogP) is 3.67. The monoisotopic (exact) mass is 355 g/mol. The molecular formula is C21H25NO4. The van der Waals surface area contributed by atoms with Crippen molar-refractivity contribution in [1.29, 1.82) is 0 Å². The largest absolute Gasteiger partial charge is 0.490 e. The van der Waals surface area contributed by atoms with E-state index in [0.717, 1.165) is 29.9 Å². The zero-order valence-corrected chi connectivity index (χ0v) is 15.3. The van der Waals surface area contributed by atoms with E-state index in [1.165, 1.54) is 5.56 Å². The molecule has 1 atom stereocenters. The zero-order valence-electron chi connectivity index (χ0n) is 15.3. The van der Waals surface area contributed by atoms with Gasteiger partial charge in [0.15, 0.2) is 18.1 Å². The first-order valence-corrected chi connectivity index (χ1v) is 9.06. The molecule has 0 saturated carbocycles. The van der Waals surface area contributed by atoms with Crippen LogP contribution in [0.2, 0.25) is 0 Å². The number of carbonyl (C=O) groups is 1. The number of rotatable bonds is 6. The number of aryl methyl sites for hydroxylation is 1. The number of amides is 1. The molecule has 1 amide bonds. The molecule has 1 N–H and O–H groups in total. The molecule has 26 heavy (non-hydrogen) atoms. The maximum absolute atomic E-state index is 12.2. The molecule has 3 rings (SSSR count). The van der Waals surface area contributed by atoms with E-state index in [4.69, 9.17) is 14.2 Å². The summed E-state index contributed by atoms with van der Waals surface area (Å²) >= 11 is 0. The highest BCUT2D eigenvalue weighted by molar-refractivity contribution is 5.78. The van der Waals surface area contributed by atoms with Crippen LogP contribution >= 0.6 is 0 Å². The normalized spacial score (nSPS) is 14.2. The summed E-state index contributed by atoms with van der Waals surface area (Å²) in [5, 5.41) is 2.95. The van der Waals surface area contributed by atoms with Crippen LogP contribution in [0.1, 0.15) is 37.4 Å². The van der Waals surface area contributed by atoms with Crippen molar-refractivity contribution in [2.24, 2.45) is 0 Å². The molecule has 0 saturated heterocycles. The molecule has 1 heterocycles. The molecule has 2 aromatic rings. The van der Waals surface area contributed by atoms with Crippen LogP contribution in [-0.4, -0.2) is 25.7 Å². The van der Waals surface area contributed by atoms with Gasteiger partial charge in [-0.15, -0.1) is 0 Å². The molecule has 5 heteroatoms. The van der Waals surface area contributed by atoms with Crippen molar-refractivity contribution in [2.45, 2.75) is 32.7 Å². The van der Waals surface area contributed by atoms with Crippen LogP contribution in [0.4, 0.5) is 0 Å². The summed E-state index contributed by atoms with van der Waals surface area (Å²) in [6, 6.07) is 13.4. The number of hydrogen-bond donors (Lipinski definition) is 1. The molecule has 1 unspecified atom stereocenters. The van der Waals surface area contributed by atoms with Crippen LogP contribution in [-0.2, 0) is 11.2 Å². The first kappa shape index (κ1) is 18.1. The van der Waals surface area contributed by atoms with Crippen molar-refractivity contribution >= 4 is 5.91 Å². The smallest absolute Gasteiger partial charge is 0.258 e. The van der Waals surface area contributed by atoms with E-state index in [0.29, 0.717) is 19.0 Å². The number of fused-ring (bicyclic) bond motifs is 1. The Morgan fingerprint density at radius 2 is 1.85 bits per heavy atom. The highest BCUT2D eigenvalue weighted by Gasteiger charge is 2.15. The Hall–Kier alpha value is -2.69. The van der Waals surface area contributed by atoms with Crippen LogP contribution in [0.15, 0.2) is 42.5 Å². The first-order valence-electron chi connectivity index (χ1n) is 9.06. The fourth-order valence-electron chi connectivity index (χ4n) is 2.79. The maximum Gasteiger partial charge on any atom is 0.258 e. The minimum Gasteiger partial charge on any atom is -0.490 e. The fourth-order valence-corrected chi connectivity index (χ4v) is 2.79. The molecule has 0 fully saturated rings. The van der Waals surface area contributed by atoms with Gasteiger partial charge in [-0.1, -0.05) is 25.1 Å². The lowest BCUT2D eigenvalue weighted by molar-refractivity contribution is -0.123. The molecule has 5 nitrogen and oxygen atoms in total. The molecule has 0 spiro atoms. The van der Waals surface area contributed by atoms with Gasteiger partial charge in [-0.3, -0.25) is 4.79 Å². The summed E-state index contributed by atoms with van der Waals surface area (Å²) in [5.41, 5.74) is 2.21. The van der Waals surface area contributed by atoms with E-state index in [9.17, 15) is 4.79 Å². The maximum atomic E-state index is 12.2. The van der Waals surface area contributed by atoms with Gasteiger partial charge in [-0.2, -0.15) is 0 Å². The lowest BCUT2D eigenvalue weighted by Gasteiger charge is -2.17. The Bertz CT molecular complexity index is 742. The Balaban J connectivity index is 1.54. The summed E-state index contributed by atoms with van der Waals surface area (Å²) in [6.45, 7) is 5.33. The number of nitrogens with one attached hydrogen (secondary N) is 1. The van der Waals surface area contributed by atoms with E-state index in [1.54, 1.807) is 0 Å². The molecule has 0 aliphatic carbocycles. The van der Waals surface area contributed by atoms with E-state index >= 15 is 0 Å². The molecule has 1 aliphatic rings. The zero-order chi connectivity index (χ0) is 18.4. The Kier molecular flexibility index (Phi) is 6.00. The SMILES string of the molecule is CCc1ccc(OCC(=O)NC(C)c2ccc3c(c2)OCCCO3)cc1. The van der Waals surface area contributed by atoms with Crippen LogP contribution in [0.3, 0.4) is 0 Å². The average molecular weight is 355 g/mol. The van der Waals surface area contributed by atoms with Crippen LogP contribution in [0, 0.1) is 0 Å². The molecule has 1 aliphatic heterocycles. The van der Waals surface area contributed by atoms with E-state index < -0.39 is 0 Å². The van der Waals surface area contributed by atoms with Gasteiger partial charge in [-0.25, -0.2) is 0 Å². The lowest BCUT2D eigenvalue weighted by atomic mass is 10.1. The summed E-state index contributed by atoms with van der Waals surface area (Å²) < 4.78 is 16.9.